The van der Waals surface area contributed by atoms with E-state index in [9.17, 15) is 4.79 Å². The summed E-state index contributed by atoms with van der Waals surface area (Å²) in [5.74, 6) is 0.760. The number of benzene rings is 2. The first-order chi connectivity index (χ1) is 15.6. The molecular formula is C27H30N4O. The molecule has 32 heavy (non-hydrogen) atoms. The molecule has 2 aromatic carbocycles. The van der Waals surface area contributed by atoms with E-state index in [4.69, 9.17) is 0 Å². The maximum absolute atomic E-state index is 12.9. The van der Waals surface area contributed by atoms with Gasteiger partial charge < -0.3 is 9.47 Å². The number of carbonyl (C=O) groups is 1. The van der Waals surface area contributed by atoms with Crippen LogP contribution in [0, 0.1) is 12.8 Å². The molecule has 1 aliphatic rings. The van der Waals surface area contributed by atoms with Crippen molar-refractivity contribution in [3.05, 3.63) is 78.2 Å². The van der Waals surface area contributed by atoms with Crippen LogP contribution < -0.4 is 0 Å². The SMILES string of the molecule is Cc1cc2cc(-c3cn[nH]c3)ccc2n1C[C@@H]1C[C@@H](C)N(C(=O)CCc2ccccc2)C1. The van der Waals surface area contributed by atoms with Crippen molar-refractivity contribution in [3.8, 4) is 11.1 Å². The summed E-state index contributed by atoms with van der Waals surface area (Å²) in [6, 6.07) is 19.5. The molecule has 5 nitrogen and oxygen atoms in total. The predicted molar refractivity (Wildman–Crippen MR) is 128 cm³/mol. The molecule has 2 aromatic heterocycles. The standard InChI is InChI=1S/C27H30N4O/c1-19-12-22(18-31(19)27(32)11-8-21-6-4-3-5-7-21)17-30-20(2)13-24-14-23(9-10-26(24)30)25-15-28-29-16-25/h3-7,9-10,13-16,19,22H,8,11-12,17-18H2,1-2H3,(H,28,29)/t19-,22+/m1/s1. The number of amides is 1. The minimum absolute atomic E-state index is 0.280. The minimum Gasteiger partial charge on any atom is -0.345 e. The van der Waals surface area contributed by atoms with Crippen molar-refractivity contribution in [2.45, 2.75) is 45.7 Å². The van der Waals surface area contributed by atoms with Crippen LogP contribution in [0.3, 0.4) is 0 Å². The molecule has 0 unspecified atom stereocenters. The molecule has 1 fully saturated rings. The van der Waals surface area contributed by atoms with Crippen molar-refractivity contribution >= 4 is 16.8 Å². The summed E-state index contributed by atoms with van der Waals surface area (Å²) in [5, 5.41) is 8.21. The highest BCUT2D eigenvalue weighted by Gasteiger charge is 2.32. The smallest absolute Gasteiger partial charge is 0.223 e. The van der Waals surface area contributed by atoms with Gasteiger partial charge in [-0.25, -0.2) is 0 Å². The fourth-order valence-corrected chi connectivity index (χ4v) is 5.16. The number of aromatic nitrogens is 3. The van der Waals surface area contributed by atoms with Crippen molar-refractivity contribution in [1.82, 2.24) is 19.7 Å². The molecular weight excluding hydrogens is 396 g/mol. The molecule has 0 saturated carbocycles. The third-order valence-electron chi connectivity index (χ3n) is 6.83. The number of carbonyl (C=O) groups excluding carboxylic acids is 1. The van der Waals surface area contributed by atoms with Gasteiger partial charge in [-0.1, -0.05) is 36.4 Å². The normalized spacial score (nSPS) is 18.5. The van der Waals surface area contributed by atoms with Gasteiger partial charge in [-0.3, -0.25) is 9.89 Å². The van der Waals surface area contributed by atoms with E-state index in [0.29, 0.717) is 18.4 Å². The average Bonchev–Trinajstić information content (AvgIpc) is 3.53. The van der Waals surface area contributed by atoms with Crippen molar-refractivity contribution in [1.29, 1.82) is 0 Å². The van der Waals surface area contributed by atoms with E-state index in [1.807, 2.05) is 30.6 Å². The lowest BCUT2D eigenvalue weighted by Crippen LogP contribution is -2.34. The van der Waals surface area contributed by atoms with Crippen molar-refractivity contribution in [2.24, 2.45) is 5.92 Å². The maximum atomic E-state index is 12.9. The zero-order valence-electron chi connectivity index (χ0n) is 18.8. The van der Waals surface area contributed by atoms with Gasteiger partial charge in [0.05, 0.1) is 6.20 Å². The van der Waals surface area contributed by atoms with Gasteiger partial charge in [0.25, 0.3) is 0 Å². The second-order valence-corrected chi connectivity index (χ2v) is 9.14. The number of rotatable bonds is 6. The number of likely N-dealkylation sites (tertiary alicyclic amines) is 1. The monoisotopic (exact) mass is 426 g/mol. The van der Waals surface area contributed by atoms with E-state index in [0.717, 1.165) is 31.5 Å². The predicted octanol–water partition coefficient (Wildman–Crippen LogP) is 5.21. The molecule has 1 saturated heterocycles. The number of H-pyrrole nitrogens is 1. The third-order valence-corrected chi connectivity index (χ3v) is 6.83. The third kappa shape index (κ3) is 4.07. The van der Waals surface area contributed by atoms with Crippen molar-refractivity contribution in [3.63, 3.8) is 0 Å². The molecule has 0 aliphatic carbocycles. The summed E-state index contributed by atoms with van der Waals surface area (Å²) in [4.78, 5) is 15.0. The van der Waals surface area contributed by atoms with Gasteiger partial charge >= 0.3 is 0 Å². The number of fused-ring (bicyclic) bond motifs is 1. The van der Waals surface area contributed by atoms with Crippen LogP contribution in [0.5, 0.6) is 0 Å². The van der Waals surface area contributed by atoms with E-state index in [1.165, 1.54) is 27.7 Å². The highest BCUT2D eigenvalue weighted by molar-refractivity contribution is 5.86. The van der Waals surface area contributed by atoms with Crippen LogP contribution in [0.15, 0.2) is 67.0 Å². The highest BCUT2D eigenvalue weighted by atomic mass is 16.2. The Morgan fingerprint density at radius 3 is 2.75 bits per heavy atom. The number of nitrogens with one attached hydrogen (secondary N) is 1. The van der Waals surface area contributed by atoms with E-state index >= 15 is 0 Å². The fraction of sp³-hybridized carbons (Fsp3) is 0.333. The Hall–Kier alpha value is -3.34. The molecule has 5 rings (SSSR count). The van der Waals surface area contributed by atoms with Gasteiger partial charge in [-0.15, -0.1) is 0 Å². The molecule has 3 heterocycles. The Labute approximate surface area is 189 Å². The van der Waals surface area contributed by atoms with Crippen LogP contribution in [0.2, 0.25) is 0 Å². The second kappa shape index (κ2) is 8.65. The largest absolute Gasteiger partial charge is 0.345 e. The summed E-state index contributed by atoms with van der Waals surface area (Å²) in [7, 11) is 0. The zero-order valence-corrected chi connectivity index (χ0v) is 18.8. The molecule has 1 amide bonds. The first kappa shape index (κ1) is 20.6. The summed E-state index contributed by atoms with van der Waals surface area (Å²) >= 11 is 0. The van der Waals surface area contributed by atoms with Crippen LogP contribution in [0.1, 0.15) is 31.0 Å². The summed E-state index contributed by atoms with van der Waals surface area (Å²) < 4.78 is 2.42. The topological polar surface area (TPSA) is 53.9 Å². The minimum atomic E-state index is 0.280. The molecule has 0 bridgehead atoms. The number of hydrogen-bond acceptors (Lipinski definition) is 2. The summed E-state index contributed by atoms with van der Waals surface area (Å²) in [6.45, 7) is 6.17. The Morgan fingerprint density at radius 1 is 1.12 bits per heavy atom. The number of aryl methyl sites for hydroxylation is 2. The van der Waals surface area contributed by atoms with E-state index in [1.54, 1.807) is 0 Å². The maximum Gasteiger partial charge on any atom is 0.223 e. The Balaban J connectivity index is 1.27. The second-order valence-electron chi connectivity index (χ2n) is 9.14. The van der Waals surface area contributed by atoms with Crippen LogP contribution in [-0.2, 0) is 17.8 Å². The molecule has 0 radical (unpaired) electrons. The van der Waals surface area contributed by atoms with Crippen LogP contribution in [0.4, 0.5) is 0 Å². The highest BCUT2D eigenvalue weighted by Crippen LogP contribution is 2.30. The lowest BCUT2D eigenvalue weighted by Gasteiger charge is -2.21. The summed E-state index contributed by atoms with van der Waals surface area (Å²) in [5.41, 5.74) is 6.04. The Morgan fingerprint density at radius 2 is 1.97 bits per heavy atom. The molecule has 164 valence electrons. The number of aromatic amines is 1. The van der Waals surface area contributed by atoms with Crippen LogP contribution in [0.25, 0.3) is 22.0 Å². The number of nitrogens with zero attached hydrogens (tertiary/aromatic N) is 3. The Bertz CT molecular complexity index is 1210. The first-order valence-electron chi connectivity index (χ1n) is 11.5. The molecule has 0 spiro atoms. The molecule has 1 aliphatic heterocycles. The zero-order chi connectivity index (χ0) is 22.1. The lowest BCUT2D eigenvalue weighted by atomic mass is 10.1. The van der Waals surface area contributed by atoms with Crippen molar-refractivity contribution in [2.75, 3.05) is 6.54 Å². The van der Waals surface area contributed by atoms with Gasteiger partial charge in [-0.2, -0.15) is 5.10 Å². The van der Waals surface area contributed by atoms with E-state index < -0.39 is 0 Å². The molecule has 5 heteroatoms. The van der Waals surface area contributed by atoms with Gasteiger partial charge in [0.15, 0.2) is 0 Å². The first-order valence-corrected chi connectivity index (χ1v) is 11.5. The van der Waals surface area contributed by atoms with E-state index in [2.05, 4.69) is 69.9 Å². The molecule has 2 atom stereocenters. The van der Waals surface area contributed by atoms with E-state index in [-0.39, 0.29) is 5.91 Å². The fourth-order valence-electron chi connectivity index (χ4n) is 5.16. The molecule has 4 aromatic rings. The van der Waals surface area contributed by atoms with Gasteiger partial charge in [0, 0.05) is 53.9 Å². The van der Waals surface area contributed by atoms with Gasteiger partial charge in [0.2, 0.25) is 5.91 Å². The van der Waals surface area contributed by atoms with Crippen molar-refractivity contribution < 1.29 is 4.79 Å². The summed E-state index contributed by atoms with van der Waals surface area (Å²) in [6.07, 6.45) is 6.24. The molecule has 1 N–H and O–H groups in total. The van der Waals surface area contributed by atoms with Crippen LogP contribution >= 0.6 is 0 Å². The number of hydrogen-bond donors (Lipinski definition) is 1. The van der Waals surface area contributed by atoms with Gasteiger partial charge in [-0.05, 0) is 61.9 Å². The van der Waals surface area contributed by atoms with Crippen LogP contribution in [-0.4, -0.2) is 38.2 Å². The van der Waals surface area contributed by atoms with Gasteiger partial charge in [0.1, 0.15) is 0 Å². The quantitative estimate of drug-likeness (QED) is 0.460. The average molecular weight is 427 g/mol. The Kier molecular flexibility index (Phi) is 5.56. The lowest BCUT2D eigenvalue weighted by molar-refractivity contribution is -0.131.